The Kier molecular flexibility index (Phi) is 4.15. The smallest absolute Gasteiger partial charge is 0.263 e. The molecule has 1 aliphatic heterocycles. The van der Waals surface area contributed by atoms with Gasteiger partial charge in [0.2, 0.25) is 0 Å². The second-order valence-corrected chi connectivity index (χ2v) is 6.15. The number of nitrogens with one attached hydrogen (secondary N) is 1. The lowest BCUT2D eigenvalue weighted by molar-refractivity contribution is 0.0937. The predicted molar refractivity (Wildman–Crippen MR) is 83.8 cm³/mol. The van der Waals surface area contributed by atoms with Crippen molar-refractivity contribution in [3.63, 3.8) is 0 Å². The number of piperidine rings is 1. The van der Waals surface area contributed by atoms with Gasteiger partial charge in [0.25, 0.3) is 5.91 Å². The first-order valence-electron chi connectivity index (χ1n) is 7.10. The van der Waals surface area contributed by atoms with Gasteiger partial charge in [-0.15, -0.1) is 11.3 Å². The first kappa shape index (κ1) is 14.0. The maximum Gasteiger partial charge on any atom is 0.263 e. The van der Waals surface area contributed by atoms with Gasteiger partial charge in [0.05, 0.1) is 11.7 Å². The Hall–Kier alpha value is -1.95. The zero-order valence-electron chi connectivity index (χ0n) is 12.0. The highest BCUT2D eigenvalue weighted by atomic mass is 32.1. The maximum atomic E-state index is 12.1. The van der Waals surface area contributed by atoms with Gasteiger partial charge in [-0.1, -0.05) is 6.07 Å². The maximum absolute atomic E-state index is 12.1. The first-order chi connectivity index (χ1) is 10.2. The number of pyridine rings is 1. The molecule has 2 aromatic heterocycles. The van der Waals surface area contributed by atoms with Crippen LogP contribution >= 0.6 is 11.3 Å². The van der Waals surface area contributed by atoms with Gasteiger partial charge in [-0.25, -0.2) is 4.98 Å². The molecule has 1 amide bonds. The van der Waals surface area contributed by atoms with E-state index < -0.39 is 0 Å². The Balaban J connectivity index is 1.64. The number of carbonyl (C=O) groups excluding carboxylic acids is 1. The second kappa shape index (κ2) is 6.22. The molecule has 1 saturated heterocycles. The zero-order valence-corrected chi connectivity index (χ0v) is 12.8. The third-order valence-electron chi connectivity index (χ3n) is 3.61. The molecule has 0 aromatic carbocycles. The highest BCUT2D eigenvalue weighted by molar-refractivity contribution is 7.11. The van der Waals surface area contributed by atoms with Crippen molar-refractivity contribution in [3.05, 3.63) is 40.5 Å². The number of thiazole rings is 1. The summed E-state index contributed by atoms with van der Waals surface area (Å²) in [6.45, 7) is 3.79. The third-order valence-corrected chi connectivity index (χ3v) is 4.38. The van der Waals surface area contributed by atoms with Gasteiger partial charge in [0.1, 0.15) is 10.7 Å². The number of aryl methyl sites for hydroxylation is 1. The number of aromatic nitrogens is 2. The summed E-state index contributed by atoms with van der Waals surface area (Å²) in [5.41, 5.74) is 2.70. The molecule has 6 heteroatoms. The molecule has 5 nitrogen and oxygen atoms in total. The monoisotopic (exact) mass is 302 g/mol. The summed E-state index contributed by atoms with van der Waals surface area (Å²) in [7, 11) is 0. The summed E-state index contributed by atoms with van der Waals surface area (Å²) in [5, 5.41) is 3.10. The molecule has 1 atom stereocenters. The van der Waals surface area contributed by atoms with E-state index >= 15 is 0 Å². The molecular weight excluding hydrogens is 284 g/mol. The van der Waals surface area contributed by atoms with Crippen molar-refractivity contribution in [2.45, 2.75) is 25.8 Å². The second-order valence-electron chi connectivity index (χ2n) is 5.26. The summed E-state index contributed by atoms with van der Waals surface area (Å²) in [6.07, 6.45) is 3.68. The lowest BCUT2D eigenvalue weighted by atomic mass is 10.1. The van der Waals surface area contributed by atoms with Gasteiger partial charge in [0.15, 0.2) is 0 Å². The zero-order chi connectivity index (χ0) is 14.7. The van der Waals surface area contributed by atoms with Gasteiger partial charge < -0.3 is 10.2 Å². The SMILES string of the molecule is Cc1cccc(N2CCC[C@H](NC(=O)c3cncs3)C2)n1. The number of rotatable bonds is 3. The molecule has 1 fully saturated rings. The van der Waals surface area contributed by atoms with Crippen LogP contribution in [0.25, 0.3) is 0 Å². The fourth-order valence-corrected chi connectivity index (χ4v) is 3.12. The van der Waals surface area contributed by atoms with Crippen LogP contribution in [-0.4, -0.2) is 35.0 Å². The average molecular weight is 302 g/mol. The Morgan fingerprint density at radius 3 is 3.14 bits per heavy atom. The topological polar surface area (TPSA) is 58.1 Å². The van der Waals surface area contributed by atoms with E-state index in [2.05, 4.69) is 20.2 Å². The number of hydrogen-bond donors (Lipinski definition) is 1. The minimum atomic E-state index is -0.0263. The van der Waals surface area contributed by atoms with Gasteiger partial charge in [-0.05, 0) is 31.9 Å². The summed E-state index contributed by atoms with van der Waals surface area (Å²) in [4.78, 5) is 23.5. The molecule has 0 bridgehead atoms. The molecule has 110 valence electrons. The molecule has 3 rings (SSSR count). The molecule has 0 radical (unpaired) electrons. The van der Waals surface area contributed by atoms with Gasteiger partial charge in [-0.3, -0.25) is 9.78 Å². The lowest BCUT2D eigenvalue weighted by Crippen LogP contribution is -2.48. The van der Waals surface area contributed by atoms with Crippen LogP contribution in [0.3, 0.4) is 0 Å². The normalized spacial score (nSPS) is 18.5. The summed E-state index contributed by atoms with van der Waals surface area (Å²) < 4.78 is 0. The highest BCUT2D eigenvalue weighted by Gasteiger charge is 2.23. The molecule has 0 aliphatic carbocycles. The van der Waals surface area contributed by atoms with E-state index in [0.29, 0.717) is 4.88 Å². The molecule has 3 heterocycles. The highest BCUT2D eigenvalue weighted by Crippen LogP contribution is 2.18. The summed E-state index contributed by atoms with van der Waals surface area (Å²) in [6, 6.07) is 6.21. The molecule has 0 spiro atoms. The Labute approximate surface area is 128 Å². The van der Waals surface area contributed by atoms with Gasteiger partial charge in [-0.2, -0.15) is 0 Å². The number of nitrogens with zero attached hydrogens (tertiary/aromatic N) is 3. The molecule has 0 saturated carbocycles. The van der Waals surface area contributed by atoms with Crippen LogP contribution < -0.4 is 10.2 Å². The van der Waals surface area contributed by atoms with Crippen molar-refractivity contribution >= 4 is 23.1 Å². The van der Waals surface area contributed by atoms with Crippen molar-refractivity contribution < 1.29 is 4.79 Å². The van der Waals surface area contributed by atoms with E-state index in [-0.39, 0.29) is 11.9 Å². The van der Waals surface area contributed by atoms with Crippen LogP contribution in [0.1, 0.15) is 28.2 Å². The number of carbonyl (C=O) groups is 1. The van der Waals surface area contributed by atoms with E-state index in [0.717, 1.165) is 37.4 Å². The van der Waals surface area contributed by atoms with Gasteiger partial charge >= 0.3 is 0 Å². The average Bonchev–Trinajstić information content (AvgIpc) is 3.02. The molecule has 0 unspecified atom stereocenters. The van der Waals surface area contributed by atoms with Crippen LogP contribution in [-0.2, 0) is 0 Å². The fourth-order valence-electron chi connectivity index (χ4n) is 2.59. The quantitative estimate of drug-likeness (QED) is 0.945. The van der Waals surface area contributed by atoms with Gasteiger partial charge in [0, 0.05) is 24.8 Å². The predicted octanol–water partition coefficient (Wildman–Crippen LogP) is 2.25. The van der Waals surface area contributed by atoms with Crippen molar-refractivity contribution in [1.82, 2.24) is 15.3 Å². The molecule has 2 aromatic rings. The molecule has 1 N–H and O–H groups in total. The Bertz CT molecular complexity index is 614. The third kappa shape index (κ3) is 3.39. The summed E-state index contributed by atoms with van der Waals surface area (Å²) >= 11 is 1.37. The van der Waals surface area contributed by atoms with Crippen LogP contribution in [0.2, 0.25) is 0 Å². The largest absolute Gasteiger partial charge is 0.355 e. The van der Waals surface area contributed by atoms with Crippen molar-refractivity contribution in [2.75, 3.05) is 18.0 Å². The van der Waals surface area contributed by atoms with E-state index in [1.165, 1.54) is 11.3 Å². The molecule has 1 aliphatic rings. The summed E-state index contributed by atoms with van der Waals surface area (Å²) in [5.74, 6) is 0.966. The van der Waals surface area contributed by atoms with E-state index in [9.17, 15) is 4.79 Å². The minimum Gasteiger partial charge on any atom is -0.355 e. The number of hydrogen-bond acceptors (Lipinski definition) is 5. The van der Waals surface area contributed by atoms with Crippen LogP contribution in [0, 0.1) is 6.92 Å². The van der Waals surface area contributed by atoms with Crippen molar-refractivity contribution in [2.24, 2.45) is 0 Å². The fraction of sp³-hybridized carbons (Fsp3) is 0.400. The van der Waals surface area contributed by atoms with Crippen LogP contribution in [0.5, 0.6) is 0 Å². The molecule has 21 heavy (non-hydrogen) atoms. The first-order valence-corrected chi connectivity index (χ1v) is 7.98. The number of amides is 1. The van der Waals surface area contributed by atoms with Crippen LogP contribution in [0.4, 0.5) is 5.82 Å². The Morgan fingerprint density at radius 2 is 2.38 bits per heavy atom. The lowest BCUT2D eigenvalue weighted by Gasteiger charge is -2.34. The molecular formula is C15H18N4OS. The standard InChI is InChI=1S/C15H18N4OS/c1-11-4-2-6-14(17-11)19-7-3-5-12(9-19)18-15(20)13-8-16-10-21-13/h2,4,6,8,10,12H,3,5,7,9H2,1H3,(H,18,20)/t12-/m0/s1. The van der Waals surface area contributed by atoms with E-state index in [1.807, 2.05) is 25.1 Å². The number of anilines is 1. The van der Waals surface area contributed by atoms with E-state index in [4.69, 9.17) is 0 Å². The van der Waals surface area contributed by atoms with Crippen LogP contribution in [0.15, 0.2) is 29.9 Å². The van der Waals surface area contributed by atoms with Crippen molar-refractivity contribution in [1.29, 1.82) is 0 Å². The Morgan fingerprint density at radius 1 is 1.48 bits per heavy atom. The van der Waals surface area contributed by atoms with E-state index in [1.54, 1.807) is 11.7 Å². The van der Waals surface area contributed by atoms with Crippen molar-refractivity contribution in [3.8, 4) is 0 Å². The minimum absolute atomic E-state index is 0.0263.